The Morgan fingerprint density at radius 3 is 2.25 bits per heavy atom. The molecule has 5 heteroatoms. The molecule has 20 heavy (non-hydrogen) atoms. The minimum Gasteiger partial charge on any atom is -0.396 e. The van der Waals surface area contributed by atoms with Crippen molar-refractivity contribution in [3.63, 3.8) is 0 Å². The number of para-hydroxylation sites is 1. The van der Waals surface area contributed by atoms with Gasteiger partial charge in [0.15, 0.2) is 5.78 Å². The minimum atomic E-state index is -1.18. The van der Waals surface area contributed by atoms with Crippen molar-refractivity contribution in [3.8, 4) is 0 Å². The molecule has 0 saturated carbocycles. The molecule has 102 valence electrons. The topological polar surface area (TPSA) is 86.2 Å². The summed E-state index contributed by atoms with van der Waals surface area (Å²) in [7, 11) is 0. The number of nitrogen functional groups attached to an aromatic ring is 1. The summed E-state index contributed by atoms with van der Waals surface area (Å²) in [5.41, 5.74) is 11.0. The van der Waals surface area contributed by atoms with Gasteiger partial charge in [-0.2, -0.15) is 0 Å². The van der Waals surface area contributed by atoms with Gasteiger partial charge in [0.05, 0.1) is 5.69 Å². The number of Topliss-reactive ketones (excluding diaryl/α,β-unsaturated/α-hetero) is 1. The number of halogens is 1. The number of rotatable bonds is 4. The first-order valence-corrected chi connectivity index (χ1v) is 5.95. The van der Waals surface area contributed by atoms with Gasteiger partial charge in [-0.1, -0.05) is 36.4 Å². The second-order valence-corrected chi connectivity index (χ2v) is 4.31. The van der Waals surface area contributed by atoms with Crippen LogP contribution in [-0.2, 0) is 4.79 Å². The molecule has 1 amide bonds. The largest absolute Gasteiger partial charge is 0.396 e. The molecule has 0 heterocycles. The molecule has 1 atom stereocenters. The van der Waals surface area contributed by atoms with E-state index in [0.29, 0.717) is 5.56 Å². The Morgan fingerprint density at radius 2 is 1.65 bits per heavy atom. The van der Waals surface area contributed by atoms with Gasteiger partial charge in [0.1, 0.15) is 11.7 Å². The van der Waals surface area contributed by atoms with Crippen molar-refractivity contribution in [1.82, 2.24) is 0 Å². The van der Waals surface area contributed by atoms with Gasteiger partial charge >= 0.3 is 0 Å². The Balaban J connectivity index is 2.48. The van der Waals surface area contributed by atoms with Crippen molar-refractivity contribution in [2.75, 3.05) is 5.73 Å². The van der Waals surface area contributed by atoms with Crippen LogP contribution >= 0.6 is 0 Å². The standard InChI is InChI=1S/C15H13FN2O2/c16-11-8-4-7-10(13(11)17)14(19)12(15(18)20)9-5-2-1-3-6-9/h1-8,12H,17H2,(H2,18,20). The Hall–Kier alpha value is -2.69. The van der Waals surface area contributed by atoms with E-state index < -0.39 is 23.4 Å². The molecule has 2 aromatic carbocycles. The minimum absolute atomic E-state index is 0.0438. The first kappa shape index (κ1) is 13.7. The van der Waals surface area contributed by atoms with Crippen molar-refractivity contribution in [1.29, 1.82) is 0 Å². The number of anilines is 1. The summed E-state index contributed by atoms with van der Waals surface area (Å²) in [6.07, 6.45) is 0. The van der Waals surface area contributed by atoms with Crippen molar-refractivity contribution >= 4 is 17.4 Å². The van der Waals surface area contributed by atoms with Gasteiger partial charge in [0, 0.05) is 5.56 Å². The van der Waals surface area contributed by atoms with Crippen molar-refractivity contribution in [3.05, 3.63) is 65.5 Å². The number of carbonyl (C=O) groups excluding carboxylic acids is 2. The normalized spacial score (nSPS) is 11.8. The van der Waals surface area contributed by atoms with E-state index in [4.69, 9.17) is 11.5 Å². The highest BCUT2D eigenvalue weighted by Gasteiger charge is 2.29. The highest BCUT2D eigenvalue weighted by Crippen LogP contribution is 2.25. The number of nitrogens with two attached hydrogens (primary N) is 2. The van der Waals surface area contributed by atoms with Crippen LogP contribution in [0.3, 0.4) is 0 Å². The Bertz CT molecular complexity index is 656. The van der Waals surface area contributed by atoms with Crippen LogP contribution in [-0.4, -0.2) is 11.7 Å². The van der Waals surface area contributed by atoms with Crippen LogP contribution in [0.2, 0.25) is 0 Å². The number of amides is 1. The molecular weight excluding hydrogens is 259 g/mol. The lowest BCUT2D eigenvalue weighted by molar-refractivity contribution is -0.118. The molecule has 0 spiro atoms. The third-order valence-electron chi connectivity index (χ3n) is 3.00. The van der Waals surface area contributed by atoms with Crippen molar-refractivity contribution in [2.24, 2.45) is 5.73 Å². The van der Waals surface area contributed by atoms with Crippen LogP contribution in [0, 0.1) is 5.82 Å². The quantitative estimate of drug-likeness (QED) is 0.506. The summed E-state index contributed by atoms with van der Waals surface area (Å²) in [4.78, 5) is 24.0. The number of carbonyl (C=O) groups is 2. The van der Waals surface area contributed by atoms with Crippen LogP contribution < -0.4 is 11.5 Å². The van der Waals surface area contributed by atoms with E-state index in [-0.39, 0.29) is 11.3 Å². The first-order valence-electron chi connectivity index (χ1n) is 5.95. The summed E-state index contributed by atoms with van der Waals surface area (Å²) in [5, 5.41) is 0. The van der Waals surface area contributed by atoms with E-state index in [9.17, 15) is 14.0 Å². The molecule has 0 fully saturated rings. The lowest BCUT2D eigenvalue weighted by Crippen LogP contribution is -2.29. The number of hydrogen-bond donors (Lipinski definition) is 2. The highest BCUT2D eigenvalue weighted by atomic mass is 19.1. The smallest absolute Gasteiger partial charge is 0.232 e. The Morgan fingerprint density at radius 1 is 1.00 bits per heavy atom. The van der Waals surface area contributed by atoms with E-state index in [1.54, 1.807) is 30.3 Å². The van der Waals surface area contributed by atoms with Crippen LogP contribution in [0.1, 0.15) is 21.8 Å². The molecule has 0 aliphatic carbocycles. The van der Waals surface area contributed by atoms with E-state index in [0.717, 1.165) is 6.07 Å². The maximum Gasteiger partial charge on any atom is 0.232 e. The second-order valence-electron chi connectivity index (χ2n) is 4.31. The molecule has 0 aliphatic rings. The van der Waals surface area contributed by atoms with E-state index in [1.165, 1.54) is 12.1 Å². The molecule has 0 aliphatic heterocycles. The maximum absolute atomic E-state index is 13.4. The molecule has 2 rings (SSSR count). The third-order valence-corrected chi connectivity index (χ3v) is 3.00. The zero-order chi connectivity index (χ0) is 14.7. The molecule has 0 radical (unpaired) electrons. The first-order chi connectivity index (χ1) is 9.52. The predicted molar refractivity (Wildman–Crippen MR) is 73.5 cm³/mol. The van der Waals surface area contributed by atoms with Crippen LogP contribution in [0.4, 0.5) is 10.1 Å². The van der Waals surface area contributed by atoms with Gasteiger partial charge in [0.25, 0.3) is 0 Å². The number of hydrogen-bond acceptors (Lipinski definition) is 3. The molecular formula is C15H13FN2O2. The highest BCUT2D eigenvalue weighted by molar-refractivity contribution is 6.16. The van der Waals surface area contributed by atoms with Crippen molar-refractivity contribution < 1.29 is 14.0 Å². The predicted octanol–water partition coefficient (Wildman–Crippen LogP) is 1.86. The molecule has 4 nitrogen and oxygen atoms in total. The number of ketones is 1. The third kappa shape index (κ3) is 2.51. The zero-order valence-electron chi connectivity index (χ0n) is 10.5. The molecule has 2 aromatic rings. The molecule has 0 aromatic heterocycles. The lowest BCUT2D eigenvalue weighted by Gasteiger charge is -2.14. The van der Waals surface area contributed by atoms with E-state index >= 15 is 0 Å². The average Bonchev–Trinajstić information content (AvgIpc) is 2.42. The van der Waals surface area contributed by atoms with E-state index in [2.05, 4.69) is 0 Å². The zero-order valence-corrected chi connectivity index (χ0v) is 10.5. The molecule has 0 saturated heterocycles. The monoisotopic (exact) mass is 272 g/mol. The van der Waals surface area contributed by atoms with Crippen LogP contribution in [0.5, 0.6) is 0 Å². The van der Waals surface area contributed by atoms with Gasteiger partial charge in [-0.3, -0.25) is 9.59 Å². The summed E-state index contributed by atoms with van der Waals surface area (Å²) >= 11 is 0. The van der Waals surface area contributed by atoms with Gasteiger partial charge in [-0.15, -0.1) is 0 Å². The maximum atomic E-state index is 13.4. The van der Waals surface area contributed by atoms with Crippen LogP contribution in [0.25, 0.3) is 0 Å². The van der Waals surface area contributed by atoms with Crippen molar-refractivity contribution in [2.45, 2.75) is 5.92 Å². The Labute approximate surface area is 115 Å². The lowest BCUT2D eigenvalue weighted by atomic mass is 9.89. The number of benzene rings is 2. The van der Waals surface area contributed by atoms with Gasteiger partial charge in [-0.05, 0) is 17.7 Å². The Kier molecular flexibility index (Phi) is 3.79. The molecule has 4 N–H and O–H groups in total. The molecule has 0 bridgehead atoms. The summed E-state index contributed by atoms with van der Waals surface area (Å²) in [6, 6.07) is 12.2. The van der Waals surface area contributed by atoms with Gasteiger partial charge < -0.3 is 11.5 Å². The summed E-state index contributed by atoms with van der Waals surface area (Å²) in [5.74, 6) is -3.29. The average molecular weight is 272 g/mol. The van der Waals surface area contributed by atoms with Crippen LogP contribution in [0.15, 0.2) is 48.5 Å². The fourth-order valence-electron chi connectivity index (χ4n) is 2.00. The number of primary amides is 1. The SMILES string of the molecule is NC(=O)C(C(=O)c1cccc(F)c1N)c1ccccc1. The van der Waals surface area contributed by atoms with Gasteiger partial charge in [0.2, 0.25) is 5.91 Å². The van der Waals surface area contributed by atoms with E-state index in [1.807, 2.05) is 0 Å². The summed E-state index contributed by atoms with van der Waals surface area (Å²) < 4.78 is 13.4. The second kappa shape index (κ2) is 5.52. The molecule has 1 unspecified atom stereocenters. The summed E-state index contributed by atoms with van der Waals surface area (Å²) in [6.45, 7) is 0. The van der Waals surface area contributed by atoms with Gasteiger partial charge in [-0.25, -0.2) is 4.39 Å². The fraction of sp³-hybridized carbons (Fsp3) is 0.0667. The fourth-order valence-corrected chi connectivity index (χ4v) is 2.00.